The molecule has 0 radical (unpaired) electrons. The molecule has 2 aromatic carbocycles. The fraction of sp³-hybridized carbons (Fsp3) is 0.350. The second-order valence-corrected chi connectivity index (χ2v) is 8.07. The van der Waals surface area contributed by atoms with Crippen molar-refractivity contribution in [2.45, 2.75) is 31.1 Å². The van der Waals surface area contributed by atoms with Crippen molar-refractivity contribution in [3.8, 4) is 0 Å². The third-order valence-electron chi connectivity index (χ3n) is 5.27. The summed E-state index contributed by atoms with van der Waals surface area (Å²) in [4.78, 5) is 4.68. The molecule has 0 aliphatic carbocycles. The number of nitrogens with one attached hydrogen (secondary N) is 3. The average molecular weight is 443 g/mol. The Morgan fingerprint density at radius 2 is 1.69 bits per heavy atom. The second kappa shape index (κ2) is 7.70. The Morgan fingerprint density at radius 3 is 2.38 bits per heavy atom. The summed E-state index contributed by atoms with van der Waals surface area (Å²) in [6.45, 7) is 1.74. The molecular formula is C20H19Cl2F3N4. The van der Waals surface area contributed by atoms with E-state index in [0.717, 1.165) is 49.4 Å². The molecule has 2 aliphatic rings. The summed E-state index contributed by atoms with van der Waals surface area (Å²) in [5, 5.41) is 11.1. The van der Waals surface area contributed by atoms with Crippen molar-refractivity contribution >= 4 is 40.4 Å². The molecule has 0 atom stereocenters. The maximum absolute atomic E-state index is 13.0. The van der Waals surface area contributed by atoms with E-state index in [1.54, 1.807) is 18.2 Å². The van der Waals surface area contributed by atoms with E-state index in [-0.39, 0.29) is 6.54 Å². The van der Waals surface area contributed by atoms with Crippen LogP contribution >= 0.6 is 23.2 Å². The summed E-state index contributed by atoms with van der Waals surface area (Å²) >= 11 is 12.3. The first-order chi connectivity index (χ1) is 13.8. The minimum Gasteiger partial charge on any atom is -0.371 e. The van der Waals surface area contributed by atoms with Crippen LogP contribution in [-0.4, -0.2) is 24.5 Å². The minimum absolute atomic E-state index is 0.139. The molecule has 0 saturated carbocycles. The van der Waals surface area contributed by atoms with E-state index in [2.05, 4.69) is 20.9 Å². The van der Waals surface area contributed by atoms with Crippen LogP contribution in [0.15, 0.2) is 41.4 Å². The highest BCUT2D eigenvalue weighted by atomic mass is 35.5. The van der Waals surface area contributed by atoms with Crippen LogP contribution in [0.5, 0.6) is 0 Å². The molecule has 2 aromatic rings. The predicted octanol–water partition coefficient (Wildman–Crippen LogP) is 5.57. The third-order valence-corrected chi connectivity index (χ3v) is 5.99. The van der Waals surface area contributed by atoms with Gasteiger partial charge in [-0.25, -0.2) is 0 Å². The summed E-state index contributed by atoms with van der Waals surface area (Å²) in [5.74, 6) is 0.697. The Labute approximate surface area is 176 Å². The fourth-order valence-electron chi connectivity index (χ4n) is 3.74. The standard InChI is InChI=1S/C20H19Cl2F3N4/c21-14-9-16-17(10-15(14)22)29-19(4-6-26-7-5-19)18(28-16)27-11-12-2-1-3-13(8-12)20(23,24)25/h1-3,8-10,26,29H,4-7,11H2,(H,27,28). The molecule has 1 fully saturated rings. The van der Waals surface area contributed by atoms with Gasteiger partial charge in [-0.15, -0.1) is 0 Å². The summed E-state index contributed by atoms with van der Waals surface area (Å²) in [7, 11) is 0. The Hall–Kier alpha value is -1.96. The molecule has 1 saturated heterocycles. The molecule has 1 spiro atoms. The van der Waals surface area contributed by atoms with E-state index >= 15 is 0 Å². The van der Waals surface area contributed by atoms with Gasteiger partial charge in [-0.3, -0.25) is 4.99 Å². The van der Waals surface area contributed by atoms with Gasteiger partial charge in [0.2, 0.25) is 0 Å². The van der Waals surface area contributed by atoms with Crippen LogP contribution in [0.3, 0.4) is 0 Å². The zero-order valence-corrected chi connectivity index (χ0v) is 16.8. The van der Waals surface area contributed by atoms with Crippen LogP contribution in [0.25, 0.3) is 0 Å². The van der Waals surface area contributed by atoms with Crippen LogP contribution in [0.2, 0.25) is 10.0 Å². The lowest BCUT2D eigenvalue weighted by atomic mass is 9.84. The molecule has 0 amide bonds. The Kier molecular flexibility index (Phi) is 5.40. The van der Waals surface area contributed by atoms with Crippen molar-refractivity contribution in [3.63, 3.8) is 0 Å². The molecule has 2 aliphatic heterocycles. The largest absolute Gasteiger partial charge is 0.416 e. The van der Waals surface area contributed by atoms with Crippen molar-refractivity contribution in [3.05, 3.63) is 57.6 Å². The van der Waals surface area contributed by atoms with Crippen molar-refractivity contribution in [2.24, 2.45) is 4.99 Å². The quantitative estimate of drug-likeness (QED) is 0.569. The fourth-order valence-corrected chi connectivity index (χ4v) is 4.07. The number of hydrogen-bond acceptors (Lipinski definition) is 3. The van der Waals surface area contributed by atoms with Gasteiger partial charge in [-0.1, -0.05) is 35.3 Å². The van der Waals surface area contributed by atoms with Gasteiger partial charge in [0.25, 0.3) is 0 Å². The number of alkyl halides is 3. The van der Waals surface area contributed by atoms with Crippen LogP contribution in [0.1, 0.15) is 24.0 Å². The number of aliphatic imine (C=N–C) groups is 1. The van der Waals surface area contributed by atoms with Crippen LogP contribution in [0.4, 0.5) is 24.5 Å². The Morgan fingerprint density at radius 1 is 1.00 bits per heavy atom. The molecule has 9 heteroatoms. The molecule has 0 aromatic heterocycles. The lowest BCUT2D eigenvalue weighted by Gasteiger charge is -2.44. The number of rotatable bonds is 2. The second-order valence-electron chi connectivity index (χ2n) is 7.26. The van der Waals surface area contributed by atoms with E-state index in [1.807, 2.05) is 0 Å². The number of piperidine rings is 1. The molecule has 29 heavy (non-hydrogen) atoms. The van der Waals surface area contributed by atoms with Crippen molar-refractivity contribution in [2.75, 3.05) is 23.7 Å². The van der Waals surface area contributed by atoms with Gasteiger partial charge in [0.05, 0.1) is 39.1 Å². The maximum Gasteiger partial charge on any atom is 0.416 e. The highest BCUT2D eigenvalue weighted by Gasteiger charge is 2.41. The summed E-state index contributed by atoms with van der Waals surface area (Å²) in [5.41, 5.74) is 0.967. The molecular weight excluding hydrogens is 424 g/mol. The smallest absolute Gasteiger partial charge is 0.371 e. The first-order valence-corrected chi connectivity index (χ1v) is 9.98. The van der Waals surface area contributed by atoms with E-state index in [9.17, 15) is 13.2 Å². The molecule has 4 rings (SSSR count). The van der Waals surface area contributed by atoms with Crippen molar-refractivity contribution in [1.82, 2.24) is 5.32 Å². The predicted molar refractivity (Wildman–Crippen MR) is 111 cm³/mol. The van der Waals surface area contributed by atoms with E-state index in [0.29, 0.717) is 21.4 Å². The number of hydrogen-bond donors (Lipinski definition) is 3. The number of anilines is 2. The molecule has 0 bridgehead atoms. The number of halogens is 5. The van der Waals surface area contributed by atoms with Gasteiger partial charge in [0.1, 0.15) is 5.84 Å². The molecule has 4 nitrogen and oxygen atoms in total. The van der Waals surface area contributed by atoms with E-state index < -0.39 is 17.3 Å². The zero-order chi connectivity index (χ0) is 20.6. The van der Waals surface area contributed by atoms with Gasteiger partial charge < -0.3 is 16.0 Å². The first-order valence-electron chi connectivity index (χ1n) is 9.23. The Balaban J connectivity index is 1.67. The van der Waals surface area contributed by atoms with Gasteiger partial charge in [-0.2, -0.15) is 13.2 Å². The minimum atomic E-state index is -4.38. The van der Waals surface area contributed by atoms with Gasteiger partial charge in [-0.05, 0) is 55.8 Å². The maximum atomic E-state index is 13.0. The number of benzene rings is 2. The van der Waals surface area contributed by atoms with Crippen LogP contribution < -0.4 is 16.0 Å². The molecule has 2 heterocycles. The van der Waals surface area contributed by atoms with Crippen molar-refractivity contribution < 1.29 is 13.2 Å². The van der Waals surface area contributed by atoms with Crippen LogP contribution in [0, 0.1) is 0 Å². The molecule has 0 unspecified atom stereocenters. The normalized spacial score (nSPS) is 19.6. The van der Waals surface area contributed by atoms with Gasteiger partial charge in [0, 0.05) is 0 Å². The number of amidine groups is 1. The van der Waals surface area contributed by atoms with E-state index in [4.69, 9.17) is 23.2 Å². The highest BCUT2D eigenvalue weighted by Crippen LogP contribution is 2.40. The van der Waals surface area contributed by atoms with E-state index in [1.165, 1.54) is 6.07 Å². The third kappa shape index (κ3) is 4.17. The average Bonchev–Trinajstić information content (AvgIpc) is 2.68. The number of nitrogens with zero attached hydrogens (tertiary/aromatic N) is 1. The van der Waals surface area contributed by atoms with Crippen LogP contribution in [-0.2, 0) is 12.7 Å². The molecule has 154 valence electrons. The summed E-state index contributed by atoms with van der Waals surface area (Å²) in [6, 6.07) is 8.75. The van der Waals surface area contributed by atoms with Crippen molar-refractivity contribution in [1.29, 1.82) is 0 Å². The van der Waals surface area contributed by atoms with Gasteiger partial charge >= 0.3 is 6.18 Å². The Bertz CT molecular complexity index is 953. The SMILES string of the molecule is FC(F)(F)c1cccc(CN=C2Nc3cc(Cl)c(Cl)cc3NC23CCNCC3)c1. The topological polar surface area (TPSA) is 48.5 Å². The summed E-state index contributed by atoms with van der Waals surface area (Å²) < 4.78 is 39.0. The summed E-state index contributed by atoms with van der Waals surface area (Å²) in [6.07, 6.45) is -2.82. The lowest BCUT2D eigenvalue weighted by molar-refractivity contribution is -0.137. The first kappa shape index (κ1) is 20.3. The lowest BCUT2D eigenvalue weighted by Crippen LogP contribution is -2.57. The number of fused-ring (bicyclic) bond motifs is 1. The van der Waals surface area contributed by atoms with Gasteiger partial charge in [0.15, 0.2) is 0 Å². The zero-order valence-electron chi connectivity index (χ0n) is 15.3. The monoisotopic (exact) mass is 442 g/mol. The molecule has 3 N–H and O–H groups in total. The highest BCUT2D eigenvalue weighted by molar-refractivity contribution is 6.42.